The molecule has 0 spiro atoms. The van der Waals surface area contributed by atoms with Crippen LogP contribution in [0.25, 0.3) is 0 Å². The van der Waals surface area contributed by atoms with Crippen molar-refractivity contribution in [2.24, 2.45) is 0 Å². The molecule has 0 radical (unpaired) electrons. The Morgan fingerprint density at radius 3 is 2.57 bits per heavy atom. The maximum atomic E-state index is 11.9. The molecular formula is C15H22N2O4. The van der Waals surface area contributed by atoms with E-state index in [0.29, 0.717) is 13.2 Å². The summed E-state index contributed by atoms with van der Waals surface area (Å²) >= 11 is 0. The van der Waals surface area contributed by atoms with Crippen LogP contribution in [-0.2, 0) is 14.3 Å². The molecule has 0 aliphatic heterocycles. The third-order valence-corrected chi connectivity index (χ3v) is 2.79. The summed E-state index contributed by atoms with van der Waals surface area (Å²) < 4.78 is 9.75. The fraction of sp³-hybridized carbons (Fsp3) is 0.467. The number of ether oxygens (including phenoxy) is 2. The maximum absolute atomic E-state index is 11.9. The third kappa shape index (κ3) is 6.76. The average molecular weight is 294 g/mol. The van der Waals surface area contributed by atoms with Gasteiger partial charge >= 0.3 is 6.09 Å². The van der Waals surface area contributed by atoms with Gasteiger partial charge in [-0.3, -0.25) is 4.79 Å². The van der Waals surface area contributed by atoms with Gasteiger partial charge in [-0.2, -0.15) is 0 Å². The molecule has 0 aromatic heterocycles. The first-order valence-electron chi connectivity index (χ1n) is 6.91. The number of methoxy groups -OCH3 is 1. The zero-order valence-corrected chi connectivity index (χ0v) is 12.4. The van der Waals surface area contributed by atoms with Crippen molar-refractivity contribution in [2.45, 2.75) is 19.4 Å². The molecule has 0 unspecified atom stereocenters. The molecule has 116 valence electrons. The lowest BCUT2D eigenvalue weighted by Crippen LogP contribution is -2.35. The van der Waals surface area contributed by atoms with Crippen molar-refractivity contribution in [3.05, 3.63) is 35.9 Å². The van der Waals surface area contributed by atoms with Crippen molar-refractivity contribution in [2.75, 3.05) is 26.9 Å². The van der Waals surface area contributed by atoms with E-state index in [1.807, 2.05) is 30.3 Å². The molecule has 6 nitrogen and oxygen atoms in total. The highest BCUT2D eigenvalue weighted by molar-refractivity contribution is 5.78. The van der Waals surface area contributed by atoms with Gasteiger partial charge in [0, 0.05) is 13.7 Å². The summed E-state index contributed by atoms with van der Waals surface area (Å²) in [6, 6.07) is 8.89. The number of hydrogen-bond donors (Lipinski definition) is 2. The molecule has 6 heteroatoms. The summed E-state index contributed by atoms with van der Waals surface area (Å²) in [7, 11) is 1.57. The van der Waals surface area contributed by atoms with Crippen LogP contribution in [0.15, 0.2) is 30.3 Å². The molecule has 0 fully saturated rings. The lowest BCUT2D eigenvalue weighted by Gasteiger charge is -2.18. The fourth-order valence-electron chi connectivity index (χ4n) is 1.80. The van der Waals surface area contributed by atoms with E-state index in [0.717, 1.165) is 5.56 Å². The van der Waals surface area contributed by atoms with Crippen LogP contribution in [0, 0.1) is 0 Å². The molecule has 0 saturated carbocycles. The lowest BCUT2D eigenvalue weighted by atomic mass is 10.0. The van der Waals surface area contributed by atoms with E-state index in [9.17, 15) is 9.59 Å². The number of amides is 2. The van der Waals surface area contributed by atoms with Crippen LogP contribution < -0.4 is 10.6 Å². The van der Waals surface area contributed by atoms with Crippen molar-refractivity contribution in [3.63, 3.8) is 0 Å². The SMILES string of the molecule is CCOC(=O)N[C@H](CC(=O)NCCOC)c1ccccc1. The molecule has 0 aliphatic rings. The molecule has 2 N–H and O–H groups in total. The Bertz CT molecular complexity index is 437. The first-order valence-corrected chi connectivity index (χ1v) is 6.91. The number of carbonyl (C=O) groups is 2. The largest absolute Gasteiger partial charge is 0.450 e. The van der Waals surface area contributed by atoms with Crippen LogP contribution >= 0.6 is 0 Å². The summed E-state index contributed by atoms with van der Waals surface area (Å²) in [5, 5.41) is 5.44. The van der Waals surface area contributed by atoms with Gasteiger partial charge in [-0.25, -0.2) is 4.79 Å². The molecule has 0 saturated heterocycles. The number of rotatable bonds is 8. The first-order chi connectivity index (χ1) is 10.2. The van der Waals surface area contributed by atoms with E-state index in [1.54, 1.807) is 14.0 Å². The van der Waals surface area contributed by atoms with Crippen LogP contribution in [0.4, 0.5) is 4.79 Å². The van der Waals surface area contributed by atoms with Gasteiger partial charge in [0.25, 0.3) is 0 Å². The quantitative estimate of drug-likeness (QED) is 0.714. The fourth-order valence-corrected chi connectivity index (χ4v) is 1.80. The Labute approximate surface area is 124 Å². The molecule has 1 atom stereocenters. The molecule has 1 aromatic carbocycles. The highest BCUT2D eigenvalue weighted by Gasteiger charge is 2.18. The van der Waals surface area contributed by atoms with Gasteiger partial charge in [0.05, 0.1) is 25.7 Å². The van der Waals surface area contributed by atoms with Crippen LogP contribution in [0.2, 0.25) is 0 Å². The topological polar surface area (TPSA) is 76.7 Å². The minimum Gasteiger partial charge on any atom is -0.450 e. The third-order valence-electron chi connectivity index (χ3n) is 2.79. The molecule has 0 bridgehead atoms. The van der Waals surface area contributed by atoms with Gasteiger partial charge in [-0.05, 0) is 12.5 Å². The van der Waals surface area contributed by atoms with Crippen LogP contribution in [0.1, 0.15) is 24.9 Å². The Morgan fingerprint density at radius 2 is 1.95 bits per heavy atom. The number of hydrogen-bond acceptors (Lipinski definition) is 4. The van der Waals surface area contributed by atoms with Gasteiger partial charge < -0.3 is 20.1 Å². The van der Waals surface area contributed by atoms with Crippen LogP contribution in [0.5, 0.6) is 0 Å². The standard InChI is InChI=1S/C15H22N2O4/c1-3-21-15(19)17-13(12-7-5-4-6-8-12)11-14(18)16-9-10-20-2/h4-8,13H,3,9-11H2,1-2H3,(H,16,18)(H,17,19)/t13-/m1/s1. The molecule has 0 aliphatic carbocycles. The predicted molar refractivity (Wildman–Crippen MR) is 78.8 cm³/mol. The Kier molecular flexibility index (Phi) is 7.89. The van der Waals surface area contributed by atoms with E-state index in [1.165, 1.54) is 0 Å². The van der Waals surface area contributed by atoms with Gasteiger partial charge in [0.2, 0.25) is 5.91 Å². The van der Waals surface area contributed by atoms with E-state index in [2.05, 4.69) is 10.6 Å². The first kappa shape index (κ1) is 17.0. The van der Waals surface area contributed by atoms with E-state index in [4.69, 9.17) is 9.47 Å². The second-order valence-corrected chi connectivity index (χ2v) is 4.37. The Hall–Kier alpha value is -2.08. The minimum atomic E-state index is -0.531. The molecule has 1 rings (SSSR count). The summed E-state index contributed by atoms with van der Waals surface area (Å²) in [6.45, 7) is 2.91. The normalized spacial score (nSPS) is 11.5. The van der Waals surface area contributed by atoms with Crippen molar-refractivity contribution in [1.82, 2.24) is 10.6 Å². The van der Waals surface area contributed by atoms with E-state index < -0.39 is 12.1 Å². The van der Waals surface area contributed by atoms with Gasteiger partial charge in [0.1, 0.15) is 0 Å². The number of carbonyl (C=O) groups excluding carboxylic acids is 2. The molecule has 0 heterocycles. The second kappa shape index (κ2) is 9.77. The Balaban J connectivity index is 2.64. The summed E-state index contributed by atoms with van der Waals surface area (Å²) in [6.07, 6.45) is -0.386. The maximum Gasteiger partial charge on any atom is 0.407 e. The Morgan fingerprint density at radius 1 is 1.24 bits per heavy atom. The van der Waals surface area contributed by atoms with Crippen LogP contribution in [0.3, 0.4) is 0 Å². The van der Waals surface area contributed by atoms with Crippen molar-refractivity contribution < 1.29 is 19.1 Å². The lowest BCUT2D eigenvalue weighted by molar-refractivity contribution is -0.121. The highest BCUT2D eigenvalue weighted by atomic mass is 16.5. The van der Waals surface area contributed by atoms with E-state index in [-0.39, 0.29) is 18.9 Å². The van der Waals surface area contributed by atoms with E-state index >= 15 is 0 Å². The summed E-state index contributed by atoms with van der Waals surface area (Å²) in [5.41, 5.74) is 0.854. The second-order valence-electron chi connectivity index (χ2n) is 4.37. The zero-order chi connectivity index (χ0) is 15.5. The van der Waals surface area contributed by atoms with Crippen molar-refractivity contribution >= 4 is 12.0 Å². The molecule has 1 aromatic rings. The molecular weight excluding hydrogens is 272 g/mol. The zero-order valence-electron chi connectivity index (χ0n) is 12.4. The smallest absolute Gasteiger partial charge is 0.407 e. The van der Waals surface area contributed by atoms with Crippen molar-refractivity contribution in [3.8, 4) is 0 Å². The highest BCUT2D eigenvalue weighted by Crippen LogP contribution is 2.16. The molecule has 2 amide bonds. The van der Waals surface area contributed by atoms with Gasteiger partial charge in [-0.1, -0.05) is 30.3 Å². The number of alkyl carbamates (subject to hydrolysis) is 1. The van der Waals surface area contributed by atoms with Gasteiger partial charge in [-0.15, -0.1) is 0 Å². The predicted octanol–water partition coefficient (Wildman–Crippen LogP) is 1.63. The minimum absolute atomic E-state index is 0.145. The van der Waals surface area contributed by atoms with Crippen LogP contribution in [-0.4, -0.2) is 38.9 Å². The average Bonchev–Trinajstić information content (AvgIpc) is 2.48. The van der Waals surface area contributed by atoms with Gasteiger partial charge in [0.15, 0.2) is 0 Å². The van der Waals surface area contributed by atoms with Crippen molar-refractivity contribution in [1.29, 1.82) is 0 Å². The number of benzene rings is 1. The summed E-state index contributed by atoms with van der Waals surface area (Å²) in [5.74, 6) is -0.155. The monoisotopic (exact) mass is 294 g/mol. The number of nitrogens with one attached hydrogen (secondary N) is 2. The molecule has 21 heavy (non-hydrogen) atoms. The summed E-state index contributed by atoms with van der Waals surface area (Å²) in [4.78, 5) is 23.5.